The van der Waals surface area contributed by atoms with Crippen molar-refractivity contribution in [3.05, 3.63) is 42.5 Å². The molecule has 0 aromatic heterocycles. The molecule has 6 heteroatoms. The molecule has 5 nitrogen and oxygen atoms in total. The van der Waals surface area contributed by atoms with Crippen LogP contribution in [0.25, 0.3) is 0 Å². The SMILES string of the molecule is C=CC(=O)OCCCCOS(=O)(=O)c1ccc(C)cc1. The van der Waals surface area contributed by atoms with E-state index in [1.54, 1.807) is 12.1 Å². The first-order chi connectivity index (χ1) is 9.45. The van der Waals surface area contributed by atoms with Crippen LogP contribution in [0, 0.1) is 6.92 Å². The smallest absolute Gasteiger partial charge is 0.330 e. The van der Waals surface area contributed by atoms with Gasteiger partial charge >= 0.3 is 5.97 Å². The van der Waals surface area contributed by atoms with Crippen LogP contribution in [0.3, 0.4) is 0 Å². The molecule has 0 atom stereocenters. The van der Waals surface area contributed by atoms with Gasteiger partial charge in [0.05, 0.1) is 18.1 Å². The first-order valence-corrected chi connectivity index (χ1v) is 7.62. The average Bonchev–Trinajstić information content (AvgIpc) is 2.42. The highest BCUT2D eigenvalue weighted by atomic mass is 32.2. The number of rotatable bonds is 8. The highest BCUT2D eigenvalue weighted by Gasteiger charge is 2.14. The van der Waals surface area contributed by atoms with E-state index in [0.717, 1.165) is 11.6 Å². The van der Waals surface area contributed by atoms with E-state index in [-0.39, 0.29) is 18.1 Å². The van der Waals surface area contributed by atoms with Gasteiger partial charge in [0.1, 0.15) is 0 Å². The molecule has 0 spiro atoms. The maximum Gasteiger partial charge on any atom is 0.330 e. The van der Waals surface area contributed by atoms with Gasteiger partial charge in [0.2, 0.25) is 0 Å². The van der Waals surface area contributed by atoms with E-state index >= 15 is 0 Å². The zero-order valence-electron chi connectivity index (χ0n) is 11.4. The molecule has 0 radical (unpaired) electrons. The van der Waals surface area contributed by atoms with Crippen molar-refractivity contribution in [1.82, 2.24) is 0 Å². The predicted molar refractivity (Wildman–Crippen MR) is 74.7 cm³/mol. The predicted octanol–water partition coefficient (Wildman–Crippen LogP) is 2.21. The van der Waals surface area contributed by atoms with Crippen molar-refractivity contribution in [2.75, 3.05) is 13.2 Å². The summed E-state index contributed by atoms with van der Waals surface area (Å²) in [6.45, 7) is 5.42. The van der Waals surface area contributed by atoms with Gasteiger partial charge in [-0.2, -0.15) is 8.42 Å². The summed E-state index contributed by atoms with van der Waals surface area (Å²) in [4.78, 5) is 10.9. The van der Waals surface area contributed by atoms with Crippen LogP contribution in [0.1, 0.15) is 18.4 Å². The van der Waals surface area contributed by atoms with E-state index in [1.807, 2.05) is 6.92 Å². The minimum Gasteiger partial charge on any atom is -0.463 e. The van der Waals surface area contributed by atoms with Crippen molar-refractivity contribution in [2.45, 2.75) is 24.7 Å². The lowest BCUT2D eigenvalue weighted by Gasteiger charge is -2.06. The normalized spacial score (nSPS) is 11.1. The van der Waals surface area contributed by atoms with Crippen molar-refractivity contribution in [1.29, 1.82) is 0 Å². The molecule has 0 fully saturated rings. The molecule has 0 saturated carbocycles. The third-order valence-corrected chi connectivity index (χ3v) is 3.82. The van der Waals surface area contributed by atoms with E-state index in [9.17, 15) is 13.2 Å². The molecule has 110 valence electrons. The van der Waals surface area contributed by atoms with Crippen LogP contribution >= 0.6 is 0 Å². The Labute approximate surface area is 119 Å². The van der Waals surface area contributed by atoms with Crippen molar-refractivity contribution in [3.8, 4) is 0 Å². The summed E-state index contributed by atoms with van der Waals surface area (Å²) in [5.74, 6) is -0.488. The summed E-state index contributed by atoms with van der Waals surface area (Å²) in [6, 6.07) is 6.45. The zero-order valence-corrected chi connectivity index (χ0v) is 12.2. The maximum atomic E-state index is 11.8. The Morgan fingerprint density at radius 2 is 1.80 bits per heavy atom. The van der Waals surface area contributed by atoms with Gasteiger partial charge in [-0.15, -0.1) is 0 Å². The largest absolute Gasteiger partial charge is 0.463 e. The number of ether oxygens (including phenoxy) is 1. The fourth-order valence-electron chi connectivity index (χ4n) is 1.38. The molecule has 1 rings (SSSR count). The first kappa shape index (κ1) is 16.4. The van der Waals surface area contributed by atoms with Crippen LogP contribution in [-0.4, -0.2) is 27.6 Å². The Morgan fingerprint density at radius 1 is 1.20 bits per heavy atom. The molecule has 0 aliphatic carbocycles. The van der Waals surface area contributed by atoms with Crippen LogP contribution in [0.5, 0.6) is 0 Å². The van der Waals surface area contributed by atoms with Gasteiger partial charge in [0, 0.05) is 6.08 Å². The van der Waals surface area contributed by atoms with Crippen LogP contribution in [-0.2, 0) is 23.8 Å². The lowest BCUT2D eigenvalue weighted by molar-refractivity contribution is -0.137. The maximum absolute atomic E-state index is 11.8. The van der Waals surface area contributed by atoms with Gasteiger partial charge in [-0.1, -0.05) is 24.3 Å². The van der Waals surface area contributed by atoms with Gasteiger partial charge < -0.3 is 4.74 Å². The number of esters is 1. The standard InChI is InChI=1S/C14H18O5S/c1-3-14(15)18-10-4-5-11-19-20(16,17)13-8-6-12(2)7-9-13/h3,6-9H,1,4-5,10-11H2,2H3. The third-order valence-electron chi connectivity index (χ3n) is 2.50. The molecular formula is C14H18O5S. The number of hydrogen-bond acceptors (Lipinski definition) is 5. The Balaban J connectivity index is 2.32. The summed E-state index contributed by atoms with van der Waals surface area (Å²) in [6.07, 6.45) is 2.09. The minimum atomic E-state index is -3.71. The minimum absolute atomic E-state index is 0.0574. The van der Waals surface area contributed by atoms with Crippen molar-refractivity contribution < 1.29 is 22.1 Å². The fourth-order valence-corrected chi connectivity index (χ4v) is 2.32. The molecule has 0 amide bonds. The molecule has 0 unspecified atom stereocenters. The summed E-state index contributed by atoms with van der Waals surface area (Å²) in [5.41, 5.74) is 0.980. The molecule has 0 bridgehead atoms. The summed E-state index contributed by atoms with van der Waals surface area (Å²) in [5, 5.41) is 0. The molecule has 0 saturated heterocycles. The second kappa shape index (κ2) is 7.81. The summed E-state index contributed by atoms with van der Waals surface area (Å²) >= 11 is 0. The molecule has 0 N–H and O–H groups in total. The molecule has 1 aromatic rings. The molecule has 0 heterocycles. The Kier molecular flexibility index (Phi) is 6.41. The number of aryl methyl sites for hydroxylation is 1. The van der Waals surface area contributed by atoms with Crippen LogP contribution in [0.2, 0.25) is 0 Å². The highest BCUT2D eigenvalue weighted by Crippen LogP contribution is 2.13. The Hall–Kier alpha value is -1.66. The number of carbonyl (C=O) groups excluding carboxylic acids is 1. The monoisotopic (exact) mass is 298 g/mol. The van der Waals surface area contributed by atoms with E-state index in [4.69, 9.17) is 8.92 Å². The zero-order chi connectivity index (χ0) is 15.0. The van der Waals surface area contributed by atoms with Crippen molar-refractivity contribution in [2.24, 2.45) is 0 Å². The number of carbonyl (C=O) groups is 1. The molecule has 0 aliphatic rings. The molecule has 20 heavy (non-hydrogen) atoms. The number of unbranched alkanes of at least 4 members (excludes halogenated alkanes) is 1. The summed E-state index contributed by atoms with van der Waals surface area (Å²) < 4.78 is 33.3. The molecule has 1 aromatic carbocycles. The Bertz CT molecular complexity index is 545. The lowest BCUT2D eigenvalue weighted by Crippen LogP contribution is -2.09. The van der Waals surface area contributed by atoms with Gasteiger partial charge in [-0.05, 0) is 31.9 Å². The fraction of sp³-hybridized carbons (Fsp3) is 0.357. The summed E-state index contributed by atoms with van der Waals surface area (Å²) in [7, 11) is -3.71. The average molecular weight is 298 g/mol. The molecule has 0 aliphatic heterocycles. The van der Waals surface area contributed by atoms with E-state index in [2.05, 4.69) is 6.58 Å². The second-order valence-corrected chi connectivity index (χ2v) is 5.78. The third kappa shape index (κ3) is 5.54. The van der Waals surface area contributed by atoms with Crippen LogP contribution in [0.4, 0.5) is 0 Å². The molecular weight excluding hydrogens is 280 g/mol. The van der Waals surface area contributed by atoms with Gasteiger partial charge in [0.25, 0.3) is 10.1 Å². The van der Waals surface area contributed by atoms with Crippen LogP contribution < -0.4 is 0 Å². The van der Waals surface area contributed by atoms with Gasteiger partial charge in [-0.25, -0.2) is 4.79 Å². The lowest BCUT2D eigenvalue weighted by atomic mass is 10.2. The van der Waals surface area contributed by atoms with Gasteiger partial charge in [-0.3, -0.25) is 4.18 Å². The van der Waals surface area contributed by atoms with Crippen molar-refractivity contribution >= 4 is 16.1 Å². The number of benzene rings is 1. The number of hydrogen-bond donors (Lipinski definition) is 0. The Morgan fingerprint density at radius 3 is 2.40 bits per heavy atom. The first-order valence-electron chi connectivity index (χ1n) is 6.21. The second-order valence-electron chi connectivity index (χ2n) is 4.17. The van der Waals surface area contributed by atoms with E-state index in [0.29, 0.717) is 12.8 Å². The quantitative estimate of drug-likeness (QED) is 0.318. The van der Waals surface area contributed by atoms with E-state index < -0.39 is 16.1 Å². The topological polar surface area (TPSA) is 69.7 Å². The highest BCUT2D eigenvalue weighted by molar-refractivity contribution is 7.86. The van der Waals surface area contributed by atoms with Crippen LogP contribution in [0.15, 0.2) is 41.8 Å². The van der Waals surface area contributed by atoms with Gasteiger partial charge in [0.15, 0.2) is 0 Å². The van der Waals surface area contributed by atoms with Crippen molar-refractivity contribution in [3.63, 3.8) is 0 Å². The van der Waals surface area contributed by atoms with E-state index in [1.165, 1.54) is 12.1 Å².